The van der Waals surface area contributed by atoms with Crippen molar-refractivity contribution in [3.63, 3.8) is 0 Å². The number of carbonyl (C=O) groups excluding carboxylic acids is 3. The fourth-order valence-corrected chi connectivity index (χ4v) is 7.30. The van der Waals surface area contributed by atoms with Crippen molar-refractivity contribution >= 4 is 17.5 Å². The molecule has 0 aromatic carbocycles. The molecule has 5 heteroatoms. The molecule has 3 saturated carbocycles. The van der Waals surface area contributed by atoms with Crippen molar-refractivity contribution in [1.82, 2.24) is 0 Å². The number of hydrogen-bond donors (Lipinski definition) is 1. The summed E-state index contributed by atoms with van der Waals surface area (Å²) >= 11 is 0. The number of aliphatic hydroxyl groups excluding tert-OH is 1. The maximum Gasteiger partial charge on any atom is 0.302 e. The highest BCUT2D eigenvalue weighted by molar-refractivity contribution is 6.13. The van der Waals surface area contributed by atoms with E-state index in [1.54, 1.807) is 0 Å². The third kappa shape index (κ3) is 2.18. The first-order valence-corrected chi connectivity index (χ1v) is 10.1. The Hall–Kier alpha value is -1.49. The summed E-state index contributed by atoms with van der Waals surface area (Å²) in [5.41, 5.74) is -0.696. The van der Waals surface area contributed by atoms with Gasteiger partial charge in [-0.2, -0.15) is 0 Å². The number of ketones is 2. The minimum atomic E-state index is -0.918. The number of carbonyl (C=O) groups is 3. The quantitative estimate of drug-likeness (QED) is 0.434. The molecular weight excluding hydrogens is 344 g/mol. The molecule has 0 aliphatic heterocycles. The van der Waals surface area contributed by atoms with Gasteiger partial charge in [0.15, 0.2) is 5.78 Å². The summed E-state index contributed by atoms with van der Waals surface area (Å²) in [6.07, 6.45) is 3.27. The fourth-order valence-electron chi connectivity index (χ4n) is 7.30. The second-order valence-electron chi connectivity index (χ2n) is 10.1. The van der Waals surface area contributed by atoms with Crippen molar-refractivity contribution < 1.29 is 24.2 Å². The Morgan fingerprint density at radius 2 is 1.89 bits per heavy atom. The second kappa shape index (κ2) is 5.53. The van der Waals surface area contributed by atoms with Crippen molar-refractivity contribution in [3.05, 3.63) is 11.6 Å². The number of fused-ring (bicyclic) bond motifs is 3. The van der Waals surface area contributed by atoms with E-state index in [9.17, 15) is 19.5 Å². The Kier molecular flexibility index (Phi) is 3.86. The van der Waals surface area contributed by atoms with E-state index in [2.05, 4.69) is 20.8 Å². The highest BCUT2D eigenvalue weighted by Crippen LogP contribution is 2.69. The van der Waals surface area contributed by atoms with Crippen molar-refractivity contribution in [3.8, 4) is 0 Å². The van der Waals surface area contributed by atoms with Crippen molar-refractivity contribution in [2.24, 2.45) is 34.0 Å². The molecule has 0 aromatic heterocycles. The van der Waals surface area contributed by atoms with Gasteiger partial charge in [-0.05, 0) is 43.4 Å². The van der Waals surface area contributed by atoms with Crippen LogP contribution in [0.1, 0.15) is 60.3 Å². The lowest BCUT2D eigenvalue weighted by Crippen LogP contribution is -2.67. The minimum absolute atomic E-state index is 0.000801. The Morgan fingerprint density at radius 3 is 2.52 bits per heavy atom. The van der Waals surface area contributed by atoms with Crippen LogP contribution >= 0.6 is 0 Å². The molecule has 1 N–H and O–H groups in total. The van der Waals surface area contributed by atoms with E-state index in [1.165, 1.54) is 6.92 Å². The lowest BCUT2D eigenvalue weighted by Gasteiger charge is -2.65. The van der Waals surface area contributed by atoms with E-state index < -0.39 is 17.4 Å². The largest absolute Gasteiger partial charge is 0.462 e. The smallest absolute Gasteiger partial charge is 0.302 e. The standard InChI is InChI=1S/C22H30O5/c1-11-10-22-15(8-13(24)18(11)19(22)26)21(5)7-6-17(27-12(2)23)20(3,4)14(21)9-16(22)25/h10,14-18,25H,6-9H2,1-5H3/t14-,15?,16-,17+,18-,21?,22+/m1/s1. The normalized spacial score (nSPS) is 47.8. The number of allylic oxidation sites excluding steroid dienone is 1. The summed E-state index contributed by atoms with van der Waals surface area (Å²) in [7, 11) is 0. The molecule has 27 heavy (non-hydrogen) atoms. The Balaban J connectivity index is 1.80. The number of aliphatic hydroxyl groups is 1. The van der Waals surface area contributed by atoms with Crippen LogP contribution in [-0.2, 0) is 19.1 Å². The van der Waals surface area contributed by atoms with Gasteiger partial charge in [0, 0.05) is 18.8 Å². The summed E-state index contributed by atoms with van der Waals surface area (Å²) in [6, 6.07) is 0. The number of ether oxygens (including phenoxy) is 1. The van der Waals surface area contributed by atoms with Gasteiger partial charge < -0.3 is 9.84 Å². The van der Waals surface area contributed by atoms with Crippen molar-refractivity contribution in [2.45, 2.75) is 72.5 Å². The van der Waals surface area contributed by atoms with Gasteiger partial charge in [-0.15, -0.1) is 0 Å². The van der Waals surface area contributed by atoms with Gasteiger partial charge in [-0.3, -0.25) is 14.4 Å². The average Bonchev–Trinajstić information content (AvgIpc) is 2.73. The molecular formula is C22H30O5. The molecule has 2 bridgehead atoms. The zero-order chi connectivity index (χ0) is 19.9. The number of rotatable bonds is 1. The number of Topliss-reactive ketones (excluding diaryl/α,β-unsaturated/α-hetero) is 2. The van der Waals surface area contributed by atoms with Gasteiger partial charge in [0.05, 0.1) is 17.4 Å². The SMILES string of the molecule is CC(=O)O[C@H]1CCC2(C)C3CC(=O)[C@@H]4C(=O)[C@]3(C=C4C)[C@H](O)C[C@@H]2C1(C)C. The molecule has 0 aromatic rings. The zero-order valence-electron chi connectivity index (χ0n) is 16.9. The van der Waals surface area contributed by atoms with Gasteiger partial charge in [0.25, 0.3) is 0 Å². The molecule has 4 aliphatic rings. The van der Waals surface area contributed by atoms with E-state index in [1.807, 2.05) is 13.0 Å². The molecule has 1 spiro atoms. The van der Waals surface area contributed by atoms with Gasteiger partial charge in [0.2, 0.25) is 0 Å². The van der Waals surface area contributed by atoms with Crippen molar-refractivity contribution in [2.75, 3.05) is 0 Å². The van der Waals surface area contributed by atoms with E-state index in [0.717, 1.165) is 18.4 Å². The van der Waals surface area contributed by atoms with Gasteiger partial charge >= 0.3 is 5.97 Å². The summed E-state index contributed by atoms with van der Waals surface area (Å²) < 4.78 is 5.62. The lowest BCUT2D eigenvalue weighted by molar-refractivity contribution is -0.213. The molecule has 0 heterocycles. The molecule has 4 rings (SSSR count). The Morgan fingerprint density at radius 1 is 1.22 bits per heavy atom. The molecule has 4 aliphatic carbocycles. The average molecular weight is 374 g/mol. The summed E-state index contributed by atoms with van der Waals surface area (Å²) in [5.74, 6) is -1.15. The van der Waals surface area contributed by atoms with Crippen LogP contribution in [-0.4, -0.2) is 34.9 Å². The van der Waals surface area contributed by atoms with Crippen LogP contribution in [0.4, 0.5) is 0 Å². The van der Waals surface area contributed by atoms with Crippen molar-refractivity contribution in [1.29, 1.82) is 0 Å². The molecule has 0 radical (unpaired) electrons. The predicted molar refractivity (Wildman–Crippen MR) is 98.6 cm³/mol. The molecule has 5 nitrogen and oxygen atoms in total. The van der Waals surface area contributed by atoms with E-state index in [0.29, 0.717) is 12.8 Å². The minimum Gasteiger partial charge on any atom is -0.462 e. The van der Waals surface area contributed by atoms with E-state index in [-0.39, 0.29) is 46.3 Å². The van der Waals surface area contributed by atoms with Crippen LogP contribution < -0.4 is 0 Å². The molecule has 0 saturated heterocycles. The summed E-state index contributed by atoms with van der Waals surface area (Å²) in [4.78, 5) is 37.7. The van der Waals surface area contributed by atoms with E-state index in [4.69, 9.17) is 4.74 Å². The first-order valence-electron chi connectivity index (χ1n) is 10.1. The summed E-state index contributed by atoms with van der Waals surface area (Å²) in [5, 5.41) is 11.2. The Labute approximate surface area is 160 Å². The first kappa shape index (κ1) is 18.9. The van der Waals surface area contributed by atoms with Crippen LogP contribution in [0.15, 0.2) is 11.6 Å². The Bertz CT molecular complexity index is 765. The maximum absolute atomic E-state index is 13.3. The monoisotopic (exact) mass is 374 g/mol. The predicted octanol–water partition coefficient (Wildman–Crippen LogP) is 2.85. The first-order chi connectivity index (χ1) is 12.5. The second-order valence-corrected chi connectivity index (χ2v) is 10.1. The molecule has 2 unspecified atom stereocenters. The molecule has 0 amide bonds. The third-order valence-corrected chi connectivity index (χ3v) is 8.50. The number of esters is 1. The van der Waals surface area contributed by atoms with Crippen LogP contribution in [0.5, 0.6) is 0 Å². The van der Waals surface area contributed by atoms with Crippen LogP contribution in [0.2, 0.25) is 0 Å². The topological polar surface area (TPSA) is 80.7 Å². The van der Waals surface area contributed by atoms with Crippen LogP contribution in [0, 0.1) is 34.0 Å². The molecule has 148 valence electrons. The molecule has 7 atom stereocenters. The lowest BCUT2D eigenvalue weighted by atomic mass is 9.39. The highest BCUT2D eigenvalue weighted by Gasteiger charge is 2.71. The van der Waals surface area contributed by atoms with Crippen LogP contribution in [0.3, 0.4) is 0 Å². The number of hydrogen-bond acceptors (Lipinski definition) is 5. The molecule has 3 fully saturated rings. The zero-order valence-corrected chi connectivity index (χ0v) is 16.9. The van der Waals surface area contributed by atoms with Gasteiger partial charge in [-0.25, -0.2) is 0 Å². The van der Waals surface area contributed by atoms with E-state index >= 15 is 0 Å². The fraction of sp³-hybridized carbons (Fsp3) is 0.773. The van der Waals surface area contributed by atoms with Crippen LogP contribution in [0.25, 0.3) is 0 Å². The maximum atomic E-state index is 13.3. The third-order valence-electron chi connectivity index (χ3n) is 8.50. The van der Waals surface area contributed by atoms with Gasteiger partial charge in [-0.1, -0.05) is 32.4 Å². The van der Waals surface area contributed by atoms with Gasteiger partial charge in [0.1, 0.15) is 11.9 Å². The highest BCUT2D eigenvalue weighted by atomic mass is 16.5. The summed E-state index contributed by atoms with van der Waals surface area (Å²) in [6.45, 7) is 9.65.